The van der Waals surface area contributed by atoms with Gasteiger partial charge in [-0.3, -0.25) is 0 Å². The molecule has 2 heteroatoms. The van der Waals surface area contributed by atoms with E-state index in [1.54, 1.807) is 0 Å². The molecule has 0 aliphatic rings. The van der Waals surface area contributed by atoms with Crippen LogP contribution in [0.4, 0.5) is 0 Å². The molecule has 0 saturated heterocycles. The second kappa shape index (κ2) is 6.22. The van der Waals surface area contributed by atoms with Gasteiger partial charge >= 0.3 is 0 Å². The number of benzene rings is 1. The van der Waals surface area contributed by atoms with E-state index in [1.165, 1.54) is 0 Å². The molecular weight excluding hydrogens is 176 g/mol. The monoisotopic (exact) mass is 192 g/mol. The number of para-hydroxylation sites is 1. The van der Waals surface area contributed by atoms with E-state index >= 15 is 0 Å². The second-order valence-electron chi connectivity index (χ2n) is 2.92. The first kappa shape index (κ1) is 10.8. The summed E-state index contributed by atoms with van der Waals surface area (Å²) in [5.41, 5.74) is 1.06. The Morgan fingerprint density at radius 1 is 1.36 bits per heavy atom. The first-order valence-corrected chi connectivity index (χ1v) is 4.87. The van der Waals surface area contributed by atoms with E-state index in [4.69, 9.17) is 9.84 Å². The molecule has 0 atom stereocenters. The third-order valence-electron chi connectivity index (χ3n) is 1.80. The minimum Gasteiger partial charge on any atom is -0.491 e. The molecule has 0 heterocycles. The normalized spacial score (nSPS) is 10.7. The minimum absolute atomic E-state index is 0.0474. The lowest BCUT2D eigenvalue weighted by atomic mass is 10.2. The average molecular weight is 192 g/mol. The minimum atomic E-state index is 0.0474. The van der Waals surface area contributed by atoms with Gasteiger partial charge in [-0.25, -0.2) is 0 Å². The summed E-state index contributed by atoms with van der Waals surface area (Å²) in [6.07, 6.45) is 5.13. The predicted molar refractivity (Wildman–Crippen MR) is 58.3 cm³/mol. The maximum absolute atomic E-state index is 8.65. The van der Waals surface area contributed by atoms with Crippen LogP contribution >= 0.6 is 0 Å². The molecular formula is C12H16O2. The van der Waals surface area contributed by atoms with E-state index < -0.39 is 0 Å². The van der Waals surface area contributed by atoms with Crippen LogP contribution < -0.4 is 4.74 Å². The Kier molecular flexibility index (Phi) is 4.79. The number of hydrogen-bond donors (Lipinski definition) is 1. The molecule has 0 radical (unpaired) electrons. The lowest BCUT2D eigenvalue weighted by Gasteiger charge is -2.06. The smallest absolute Gasteiger partial charge is 0.126 e. The molecule has 14 heavy (non-hydrogen) atoms. The Balaban J connectivity index is 2.74. The molecule has 0 saturated carbocycles. The van der Waals surface area contributed by atoms with Gasteiger partial charge in [0.15, 0.2) is 0 Å². The zero-order chi connectivity index (χ0) is 10.2. The van der Waals surface area contributed by atoms with Crippen molar-refractivity contribution in [2.75, 3.05) is 13.2 Å². The summed E-state index contributed by atoms with van der Waals surface area (Å²) in [6, 6.07) is 7.81. The number of ether oxygens (including phenoxy) is 1. The molecule has 2 nitrogen and oxygen atoms in total. The summed E-state index contributed by atoms with van der Waals surface area (Å²) in [5.74, 6) is 0.825. The predicted octanol–water partition coefficient (Wildman–Crippen LogP) is 2.48. The van der Waals surface area contributed by atoms with Crippen LogP contribution in [0.2, 0.25) is 0 Å². The van der Waals surface area contributed by atoms with Crippen molar-refractivity contribution in [2.24, 2.45) is 0 Å². The third kappa shape index (κ3) is 3.23. The SMILES string of the molecule is CC/C=C/c1ccccc1OCCO. The van der Waals surface area contributed by atoms with E-state index in [-0.39, 0.29) is 6.61 Å². The van der Waals surface area contributed by atoms with E-state index in [2.05, 4.69) is 13.0 Å². The van der Waals surface area contributed by atoms with Crippen molar-refractivity contribution in [1.29, 1.82) is 0 Å². The average Bonchev–Trinajstić information content (AvgIpc) is 2.24. The van der Waals surface area contributed by atoms with Crippen molar-refractivity contribution in [3.05, 3.63) is 35.9 Å². The number of allylic oxidation sites excluding steroid dienone is 1. The molecule has 1 aromatic rings. The maximum atomic E-state index is 8.65. The highest BCUT2D eigenvalue weighted by Crippen LogP contribution is 2.19. The molecule has 1 N–H and O–H groups in total. The summed E-state index contributed by atoms with van der Waals surface area (Å²) in [7, 11) is 0. The van der Waals surface area contributed by atoms with Crippen molar-refractivity contribution < 1.29 is 9.84 Å². The summed E-state index contributed by atoms with van der Waals surface area (Å²) < 4.78 is 5.38. The number of rotatable bonds is 5. The van der Waals surface area contributed by atoms with Crippen LogP contribution in [0.5, 0.6) is 5.75 Å². The van der Waals surface area contributed by atoms with Crippen molar-refractivity contribution in [3.8, 4) is 5.75 Å². The van der Waals surface area contributed by atoms with Crippen molar-refractivity contribution in [2.45, 2.75) is 13.3 Å². The fourth-order valence-corrected chi connectivity index (χ4v) is 1.15. The van der Waals surface area contributed by atoms with Gasteiger partial charge in [-0.15, -0.1) is 0 Å². The molecule has 0 aliphatic heterocycles. The van der Waals surface area contributed by atoms with Crippen molar-refractivity contribution in [1.82, 2.24) is 0 Å². The molecule has 0 aliphatic carbocycles. The van der Waals surface area contributed by atoms with E-state index in [0.29, 0.717) is 6.61 Å². The van der Waals surface area contributed by atoms with Gasteiger partial charge in [-0.1, -0.05) is 37.3 Å². The lowest BCUT2D eigenvalue weighted by molar-refractivity contribution is 0.201. The molecule has 1 aromatic carbocycles. The van der Waals surface area contributed by atoms with Gasteiger partial charge in [0, 0.05) is 5.56 Å². The fourth-order valence-electron chi connectivity index (χ4n) is 1.15. The molecule has 0 unspecified atom stereocenters. The topological polar surface area (TPSA) is 29.5 Å². The van der Waals surface area contributed by atoms with Crippen molar-refractivity contribution >= 4 is 6.08 Å². The maximum Gasteiger partial charge on any atom is 0.126 e. The van der Waals surface area contributed by atoms with E-state index in [0.717, 1.165) is 17.7 Å². The number of hydrogen-bond acceptors (Lipinski definition) is 2. The van der Waals surface area contributed by atoms with E-state index in [9.17, 15) is 0 Å². The number of aliphatic hydroxyl groups excluding tert-OH is 1. The van der Waals surface area contributed by atoms with Crippen LogP contribution in [0.25, 0.3) is 6.08 Å². The Morgan fingerprint density at radius 2 is 2.14 bits per heavy atom. The van der Waals surface area contributed by atoms with Crippen LogP contribution in [0.1, 0.15) is 18.9 Å². The largest absolute Gasteiger partial charge is 0.491 e. The Hall–Kier alpha value is -1.28. The Bertz CT molecular complexity index is 292. The van der Waals surface area contributed by atoms with Gasteiger partial charge in [0.05, 0.1) is 6.61 Å². The van der Waals surface area contributed by atoms with Gasteiger partial charge in [0.2, 0.25) is 0 Å². The molecule has 0 spiro atoms. The molecule has 76 valence electrons. The third-order valence-corrected chi connectivity index (χ3v) is 1.80. The van der Waals surface area contributed by atoms with Gasteiger partial charge in [-0.05, 0) is 12.5 Å². The fraction of sp³-hybridized carbons (Fsp3) is 0.333. The molecule has 0 amide bonds. The summed E-state index contributed by atoms with van der Waals surface area (Å²) in [5, 5.41) is 8.65. The van der Waals surface area contributed by atoms with Crippen LogP contribution in [0.3, 0.4) is 0 Å². The van der Waals surface area contributed by atoms with Gasteiger partial charge in [-0.2, -0.15) is 0 Å². The molecule has 0 bridgehead atoms. The molecule has 0 aromatic heterocycles. The first-order valence-electron chi connectivity index (χ1n) is 4.87. The highest BCUT2D eigenvalue weighted by atomic mass is 16.5. The first-order chi connectivity index (χ1) is 6.88. The summed E-state index contributed by atoms with van der Waals surface area (Å²) >= 11 is 0. The van der Waals surface area contributed by atoms with Crippen LogP contribution in [-0.4, -0.2) is 18.3 Å². The highest BCUT2D eigenvalue weighted by Gasteiger charge is 1.97. The lowest BCUT2D eigenvalue weighted by Crippen LogP contribution is -2.02. The second-order valence-corrected chi connectivity index (χ2v) is 2.92. The Labute approximate surface area is 84.8 Å². The van der Waals surface area contributed by atoms with Crippen LogP contribution in [0, 0.1) is 0 Å². The molecule has 0 fully saturated rings. The number of aliphatic hydroxyl groups is 1. The van der Waals surface area contributed by atoms with E-state index in [1.807, 2.05) is 30.3 Å². The molecule has 1 rings (SSSR count). The zero-order valence-corrected chi connectivity index (χ0v) is 8.44. The Morgan fingerprint density at radius 3 is 2.86 bits per heavy atom. The standard InChI is InChI=1S/C12H16O2/c1-2-3-6-11-7-4-5-8-12(11)14-10-9-13/h3-8,13H,2,9-10H2,1H3/b6-3+. The zero-order valence-electron chi connectivity index (χ0n) is 8.44. The highest BCUT2D eigenvalue weighted by molar-refractivity contribution is 5.56. The van der Waals surface area contributed by atoms with Crippen LogP contribution in [0.15, 0.2) is 30.3 Å². The summed E-state index contributed by atoms with van der Waals surface area (Å²) in [6.45, 7) is 2.48. The van der Waals surface area contributed by atoms with Gasteiger partial charge in [0.1, 0.15) is 12.4 Å². The van der Waals surface area contributed by atoms with Crippen LogP contribution in [-0.2, 0) is 0 Å². The quantitative estimate of drug-likeness (QED) is 0.776. The van der Waals surface area contributed by atoms with Gasteiger partial charge in [0.25, 0.3) is 0 Å². The summed E-state index contributed by atoms with van der Waals surface area (Å²) in [4.78, 5) is 0. The van der Waals surface area contributed by atoms with Gasteiger partial charge < -0.3 is 9.84 Å². The van der Waals surface area contributed by atoms with Crippen molar-refractivity contribution in [3.63, 3.8) is 0 Å².